The van der Waals surface area contributed by atoms with Gasteiger partial charge in [-0.15, -0.1) is 0 Å². The van der Waals surface area contributed by atoms with Gasteiger partial charge in [-0.2, -0.15) is 0 Å². The average molecular weight is 481 g/mol. The first-order chi connectivity index (χ1) is 15.4. The molecule has 0 bridgehead atoms. The molecule has 176 valence electrons. The fraction of sp³-hybridized carbons (Fsp3) is 0.680. The fourth-order valence-corrected chi connectivity index (χ4v) is 5.95. The van der Waals surface area contributed by atoms with Crippen LogP contribution >= 0.6 is 23.2 Å². The molecule has 0 unspecified atom stereocenters. The van der Waals surface area contributed by atoms with E-state index in [0.717, 1.165) is 56.6 Å². The molecule has 2 saturated heterocycles. The number of benzene rings is 1. The summed E-state index contributed by atoms with van der Waals surface area (Å²) in [6.07, 6.45) is 6.23. The van der Waals surface area contributed by atoms with Crippen molar-refractivity contribution in [3.63, 3.8) is 0 Å². The molecule has 3 aliphatic rings. The molecular weight excluding hydrogens is 447 g/mol. The molecule has 0 spiro atoms. The van der Waals surface area contributed by atoms with E-state index in [-0.39, 0.29) is 17.7 Å². The van der Waals surface area contributed by atoms with Crippen LogP contribution < -0.4 is 0 Å². The van der Waals surface area contributed by atoms with Crippen molar-refractivity contribution in [3.05, 3.63) is 33.3 Å². The lowest BCUT2D eigenvalue weighted by Crippen LogP contribution is -2.54. The smallest absolute Gasteiger partial charge is 0.226 e. The van der Waals surface area contributed by atoms with Gasteiger partial charge in [0.1, 0.15) is 5.78 Å². The number of hydrogen-bond acceptors (Lipinski definition) is 4. The highest BCUT2D eigenvalue weighted by molar-refractivity contribution is 6.34. The highest BCUT2D eigenvalue weighted by Gasteiger charge is 2.33. The molecule has 0 N–H and O–H groups in total. The van der Waals surface area contributed by atoms with Crippen molar-refractivity contribution < 1.29 is 14.3 Å². The second kappa shape index (κ2) is 10.9. The van der Waals surface area contributed by atoms with Crippen LogP contribution in [-0.2, 0) is 27.3 Å². The van der Waals surface area contributed by atoms with Crippen LogP contribution in [0.4, 0.5) is 0 Å². The lowest BCUT2D eigenvalue weighted by atomic mass is 9.97. The monoisotopic (exact) mass is 480 g/mol. The molecule has 5 nitrogen and oxygen atoms in total. The number of rotatable bonds is 7. The number of carbonyl (C=O) groups is 2. The van der Waals surface area contributed by atoms with Gasteiger partial charge < -0.3 is 9.64 Å². The number of ether oxygens (including phenoxy) is 1. The van der Waals surface area contributed by atoms with Crippen molar-refractivity contribution in [2.75, 3.05) is 32.8 Å². The molecule has 1 aromatic rings. The Hall–Kier alpha value is -1.14. The number of piperazine rings is 1. The van der Waals surface area contributed by atoms with Crippen LogP contribution in [0.5, 0.6) is 0 Å². The van der Waals surface area contributed by atoms with E-state index in [9.17, 15) is 9.59 Å². The van der Waals surface area contributed by atoms with Gasteiger partial charge in [-0.3, -0.25) is 14.5 Å². The van der Waals surface area contributed by atoms with Gasteiger partial charge in [0.2, 0.25) is 5.91 Å². The average Bonchev–Trinajstić information content (AvgIpc) is 3.45. The molecule has 0 radical (unpaired) electrons. The van der Waals surface area contributed by atoms with E-state index in [1.807, 2.05) is 12.1 Å². The van der Waals surface area contributed by atoms with Gasteiger partial charge >= 0.3 is 0 Å². The van der Waals surface area contributed by atoms with E-state index in [1.165, 1.54) is 12.8 Å². The molecule has 2 aliphatic heterocycles. The Balaban J connectivity index is 1.36. The zero-order valence-electron chi connectivity index (χ0n) is 19.0. The van der Waals surface area contributed by atoms with Crippen LogP contribution in [0.3, 0.4) is 0 Å². The number of amides is 1. The van der Waals surface area contributed by atoms with E-state index >= 15 is 0 Å². The summed E-state index contributed by atoms with van der Waals surface area (Å²) in [7, 11) is 0. The molecule has 0 aromatic heterocycles. The minimum absolute atomic E-state index is 0.184. The third-order valence-electron chi connectivity index (χ3n) is 7.21. The number of hydrogen-bond donors (Lipinski definition) is 0. The van der Waals surface area contributed by atoms with E-state index in [0.29, 0.717) is 47.9 Å². The summed E-state index contributed by atoms with van der Waals surface area (Å²) < 4.78 is 5.39. The van der Waals surface area contributed by atoms with Crippen LogP contribution in [0.1, 0.15) is 56.6 Å². The third-order valence-corrected chi connectivity index (χ3v) is 7.91. The number of nitrogens with zero attached hydrogens (tertiary/aromatic N) is 2. The standard InChI is InChI=1S/C25H34Cl2N2O3/c1-17-14-28(7-8-29(17)25(31)19-4-2-3-5-19)15-21-12-22(26)11-20(24(21)27)13-23(30)10-18-6-9-32-16-18/h11-12,17-19H,2-10,13-16H2,1H3/t17-,18-/m0/s1. The Morgan fingerprint density at radius 1 is 1.09 bits per heavy atom. The van der Waals surface area contributed by atoms with E-state index in [4.69, 9.17) is 27.9 Å². The minimum Gasteiger partial charge on any atom is -0.381 e. The van der Waals surface area contributed by atoms with Crippen LogP contribution in [0.2, 0.25) is 10.0 Å². The van der Waals surface area contributed by atoms with Gasteiger partial charge in [0.15, 0.2) is 0 Å². The summed E-state index contributed by atoms with van der Waals surface area (Å²) in [6.45, 7) is 6.62. The molecule has 1 aliphatic carbocycles. The highest BCUT2D eigenvalue weighted by atomic mass is 35.5. The summed E-state index contributed by atoms with van der Waals surface area (Å²) in [5.41, 5.74) is 1.76. The Kier molecular flexibility index (Phi) is 8.14. The molecule has 1 saturated carbocycles. The van der Waals surface area contributed by atoms with Crippen molar-refractivity contribution >= 4 is 34.9 Å². The van der Waals surface area contributed by atoms with Crippen molar-refractivity contribution in [2.24, 2.45) is 11.8 Å². The van der Waals surface area contributed by atoms with E-state index in [2.05, 4.69) is 16.7 Å². The zero-order chi connectivity index (χ0) is 22.7. The first-order valence-electron chi connectivity index (χ1n) is 12.0. The second-order valence-corrected chi connectivity index (χ2v) is 10.6. The molecule has 3 fully saturated rings. The van der Waals surface area contributed by atoms with Crippen LogP contribution in [0.15, 0.2) is 12.1 Å². The van der Waals surface area contributed by atoms with Crippen LogP contribution in [-0.4, -0.2) is 60.4 Å². The largest absolute Gasteiger partial charge is 0.381 e. The van der Waals surface area contributed by atoms with Gasteiger partial charge in [-0.1, -0.05) is 36.0 Å². The topological polar surface area (TPSA) is 49.9 Å². The molecule has 1 aromatic carbocycles. The fourth-order valence-electron chi connectivity index (χ4n) is 5.45. The maximum Gasteiger partial charge on any atom is 0.226 e. The molecule has 1 amide bonds. The van der Waals surface area contributed by atoms with Gasteiger partial charge in [-0.25, -0.2) is 0 Å². The lowest BCUT2D eigenvalue weighted by molar-refractivity contribution is -0.140. The Morgan fingerprint density at radius 3 is 2.53 bits per heavy atom. The highest BCUT2D eigenvalue weighted by Crippen LogP contribution is 2.31. The molecule has 2 heterocycles. The first kappa shape index (κ1) is 24.0. The number of ketones is 1. The predicted octanol–water partition coefficient (Wildman–Crippen LogP) is 4.75. The van der Waals surface area contributed by atoms with Crippen LogP contribution in [0, 0.1) is 11.8 Å². The Labute approximate surface area is 201 Å². The quantitative estimate of drug-likeness (QED) is 0.564. The van der Waals surface area contributed by atoms with Gasteiger partial charge in [0.25, 0.3) is 0 Å². The number of carbonyl (C=O) groups excluding carboxylic acids is 2. The number of Topliss-reactive ketones (excluding diaryl/α,β-unsaturated/α-hetero) is 1. The summed E-state index contributed by atoms with van der Waals surface area (Å²) in [5.74, 6) is 1.07. The SMILES string of the molecule is C[C@H]1CN(Cc2cc(Cl)cc(CC(=O)C[C@@H]3CCOC3)c2Cl)CCN1C(=O)C1CCCC1. The first-order valence-corrected chi connectivity index (χ1v) is 12.8. The zero-order valence-corrected chi connectivity index (χ0v) is 20.5. The van der Waals surface area contributed by atoms with Crippen molar-refractivity contribution in [1.82, 2.24) is 9.80 Å². The van der Waals surface area contributed by atoms with Crippen molar-refractivity contribution in [1.29, 1.82) is 0 Å². The van der Waals surface area contributed by atoms with E-state index < -0.39 is 0 Å². The maximum atomic E-state index is 12.9. The molecule has 7 heteroatoms. The summed E-state index contributed by atoms with van der Waals surface area (Å²) >= 11 is 13.1. The molecule has 4 rings (SSSR count). The Morgan fingerprint density at radius 2 is 1.84 bits per heavy atom. The molecule has 2 atom stereocenters. The van der Waals surface area contributed by atoms with Crippen molar-refractivity contribution in [3.8, 4) is 0 Å². The lowest BCUT2D eigenvalue weighted by Gasteiger charge is -2.41. The normalized spacial score (nSPS) is 24.9. The summed E-state index contributed by atoms with van der Waals surface area (Å²) in [5, 5.41) is 1.25. The van der Waals surface area contributed by atoms with Gasteiger partial charge in [0, 0.05) is 74.2 Å². The van der Waals surface area contributed by atoms with Crippen LogP contribution in [0.25, 0.3) is 0 Å². The molecule has 32 heavy (non-hydrogen) atoms. The molecular formula is C25H34Cl2N2O3. The van der Waals surface area contributed by atoms with Crippen molar-refractivity contribution in [2.45, 2.75) is 64.5 Å². The maximum absolute atomic E-state index is 12.9. The van der Waals surface area contributed by atoms with E-state index in [1.54, 1.807) is 0 Å². The van der Waals surface area contributed by atoms with Gasteiger partial charge in [-0.05, 0) is 55.4 Å². The minimum atomic E-state index is 0.184. The number of halogens is 2. The Bertz CT molecular complexity index is 835. The third kappa shape index (κ3) is 5.85. The summed E-state index contributed by atoms with van der Waals surface area (Å²) in [4.78, 5) is 29.9. The second-order valence-electron chi connectivity index (χ2n) is 9.78. The predicted molar refractivity (Wildman–Crippen MR) is 127 cm³/mol. The summed E-state index contributed by atoms with van der Waals surface area (Å²) in [6, 6.07) is 3.91. The van der Waals surface area contributed by atoms with Gasteiger partial charge in [0.05, 0.1) is 0 Å².